The summed E-state index contributed by atoms with van der Waals surface area (Å²) in [6.45, 7) is 1.82. The lowest BCUT2D eigenvalue weighted by molar-refractivity contribution is -0.128. The lowest BCUT2D eigenvalue weighted by Gasteiger charge is -2.16. The molecular weight excluding hydrogens is 354 g/mol. The highest BCUT2D eigenvalue weighted by molar-refractivity contribution is 5.94. The van der Waals surface area contributed by atoms with Crippen LogP contribution in [0.5, 0.6) is 0 Å². The molecule has 6 nitrogen and oxygen atoms in total. The molecule has 28 heavy (non-hydrogen) atoms. The van der Waals surface area contributed by atoms with Gasteiger partial charge in [-0.2, -0.15) is 0 Å². The van der Waals surface area contributed by atoms with Crippen molar-refractivity contribution >= 4 is 23.4 Å². The first-order valence-electron chi connectivity index (χ1n) is 9.61. The summed E-state index contributed by atoms with van der Waals surface area (Å²) in [6.07, 6.45) is 2.42. The molecule has 2 N–H and O–H groups in total. The molecular formula is C22H25N3O3. The van der Waals surface area contributed by atoms with E-state index in [2.05, 4.69) is 10.6 Å². The molecule has 1 aliphatic rings. The number of carbonyl (C=O) groups excluding carboxylic acids is 3. The van der Waals surface area contributed by atoms with Crippen LogP contribution >= 0.6 is 0 Å². The molecule has 1 saturated heterocycles. The van der Waals surface area contributed by atoms with Crippen LogP contribution in [-0.4, -0.2) is 35.7 Å². The first-order chi connectivity index (χ1) is 13.6. The lowest BCUT2D eigenvalue weighted by atomic mass is 10.2. The number of likely N-dealkylation sites (tertiary alicyclic amines) is 1. The van der Waals surface area contributed by atoms with Gasteiger partial charge in [0.05, 0.1) is 0 Å². The van der Waals surface area contributed by atoms with Gasteiger partial charge in [0.15, 0.2) is 0 Å². The molecule has 1 aliphatic heterocycles. The minimum atomic E-state index is -0.134. The fourth-order valence-corrected chi connectivity index (χ4v) is 3.20. The zero-order valence-corrected chi connectivity index (χ0v) is 15.8. The molecule has 0 aromatic heterocycles. The summed E-state index contributed by atoms with van der Waals surface area (Å²) in [7, 11) is 0. The first-order valence-corrected chi connectivity index (χ1v) is 9.61. The number of anilines is 1. The van der Waals surface area contributed by atoms with Crippen LogP contribution in [-0.2, 0) is 16.1 Å². The van der Waals surface area contributed by atoms with Gasteiger partial charge in [-0.1, -0.05) is 30.3 Å². The monoisotopic (exact) mass is 379 g/mol. The second-order valence-electron chi connectivity index (χ2n) is 6.89. The molecule has 1 heterocycles. The average molecular weight is 379 g/mol. The summed E-state index contributed by atoms with van der Waals surface area (Å²) in [5.41, 5.74) is 2.34. The molecule has 0 atom stereocenters. The van der Waals surface area contributed by atoms with Gasteiger partial charge in [-0.25, -0.2) is 0 Å². The quantitative estimate of drug-likeness (QED) is 0.692. The largest absolute Gasteiger partial charge is 0.352 e. The Bertz CT molecular complexity index is 836. The van der Waals surface area contributed by atoms with Crippen molar-refractivity contribution in [2.24, 2.45) is 0 Å². The summed E-state index contributed by atoms with van der Waals surface area (Å²) in [5, 5.41) is 5.70. The third-order valence-corrected chi connectivity index (χ3v) is 4.66. The molecule has 0 unspecified atom stereocenters. The molecule has 0 aliphatic carbocycles. The van der Waals surface area contributed by atoms with E-state index < -0.39 is 0 Å². The van der Waals surface area contributed by atoms with Crippen LogP contribution < -0.4 is 10.6 Å². The Morgan fingerprint density at radius 3 is 2.61 bits per heavy atom. The van der Waals surface area contributed by atoms with Gasteiger partial charge in [0.1, 0.15) is 0 Å². The van der Waals surface area contributed by atoms with E-state index in [-0.39, 0.29) is 17.7 Å². The standard InChI is InChI=1S/C22H25N3O3/c26-20(11-5-13-23-22(28)18-8-2-1-3-9-18)24-19-10-4-7-17(15-19)16-25-14-6-12-21(25)27/h1-4,7-10,15H,5-6,11-14,16H2,(H,23,28)(H,24,26). The number of nitrogens with one attached hydrogen (secondary N) is 2. The number of benzene rings is 2. The van der Waals surface area contributed by atoms with E-state index in [1.807, 2.05) is 47.4 Å². The van der Waals surface area contributed by atoms with Crippen molar-refractivity contribution in [1.82, 2.24) is 10.2 Å². The van der Waals surface area contributed by atoms with Crippen molar-refractivity contribution in [2.75, 3.05) is 18.4 Å². The van der Waals surface area contributed by atoms with E-state index in [1.54, 1.807) is 12.1 Å². The van der Waals surface area contributed by atoms with Gasteiger partial charge in [0.25, 0.3) is 5.91 Å². The van der Waals surface area contributed by atoms with Crippen molar-refractivity contribution in [1.29, 1.82) is 0 Å². The highest BCUT2D eigenvalue weighted by Crippen LogP contribution is 2.17. The molecule has 2 aromatic rings. The molecule has 0 spiro atoms. The molecule has 3 rings (SSSR count). The smallest absolute Gasteiger partial charge is 0.251 e. The minimum Gasteiger partial charge on any atom is -0.352 e. The SMILES string of the molecule is O=C(CCCNC(=O)c1ccccc1)Nc1cccc(CN2CCCC2=O)c1. The van der Waals surface area contributed by atoms with E-state index in [0.717, 1.165) is 24.2 Å². The fourth-order valence-electron chi connectivity index (χ4n) is 3.20. The maximum Gasteiger partial charge on any atom is 0.251 e. The van der Waals surface area contributed by atoms with Gasteiger partial charge in [0, 0.05) is 43.7 Å². The molecule has 3 amide bonds. The Morgan fingerprint density at radius 1 is 1.04 bits per heavy atom. The van der Waals surface area contributed by atoms with E-state index in [4.69, 9.17) is 0 Å². The van der Waals surface area contributed by atoms with Crippen LogP contribution in [0, 0.1) is 0 Å². The van der Waals surface area contributed by atoms with Crippen molar-refractivity contribution in [3.63, 3.8) is 0 Å². The van der Waals surface area contributed by atoms with E-state index >= 15 is 0 Å². The number of hydrogen-bond acceptors (Lipinski definition) is 3. The van der Waals surface area contributed by atoms with Gasteiger partial charge < -0.3 is 15.5 Å². The van der Waals surface area contributed by atoms with Crippen LogP contribution in [0.4, 0.5) is 5.69 Å². The first kappa shape index (κ1) is 19.6. The molecule has 0 radical (unpaired) electrons. The van der Waals surface area contributed by atoms with Gasteiger partial charge in [-0.05, 0) is 42.7 Å². The molecule has 1 fully saturated rings. The highest BCUT2D eigenvalue weighted by Gasteiger charge is 2.20. The summed E-state index contributed by atoms with van der Waals surface area (Å²) < 4.78 is 0. The Kier molecular flexibility index (Phi) is 6.78. The topological polar surface area (TPSA) is 78.5 Å². The third-order valence-electron chi connectivity index (χ3n) is 4.66. The fraction of sp³-hybridized carbons (Fsp3) is 0.318. The number of hydrogen-bond donors (Lipinski definition) is 2. The maximum atomic E-state index is 12.1. The van der Waals surface area contributed by atoms with Crippen molar-refractivity contribution in [3.05, 3.63) is 65.7 Å². The number of rotatable bonds is 8. The number of nitrogens with zero attached hydrogens (tertiary/aromatic N) is 1. The van der Waals surface area contributed by atoms with Crippen LogP contribution in [0.25, 0.3) is 0 Å². The van der Waals surface area contributed by atoms with Crippen LogP contribution in [0.2, 0.25) is 0 Å². The van der Waals surface area contributed by atoms with Gasteiger partial charge in [-0.3, -0.25) is 14.4 Å². The Hall–Kier alpha value is -3.15. The van der Waals surface area contributed by atoms with E-state index in [1.165, 1.54) is 0 Å². The Labute approximate surface area is 164 Å². The molecule has 0 saturated carbocycles. The zero-order valence-electron chi connectivity index (χ0n) is 15.8. The number of carbonyl (C=O) groups is 3. The van der Waals surface area contributed by atoms with Crippen LogP contribution in [0.1, 0.15) is 41.6 Å². The van der Waals surface area contributed by atoms with Gasteiger partial charge in [-0.15, -0.1) is 0 Å². The highest BCUT2D eigenvalue weighted by atomic mass is 16.2. The molecule has 0 bridgehead atoms. The summed E-state index contributed by atoms with van der Waals surface area (Å²) in [4.78, 5) is 37.7. The average Bonchev–Trinajstić information content (AvgIpc) is 3.10. The molecule has 6 heteroatoms. The maximum absolute atomic E-state index is 12.1. The van der Waals surface area contributed by atoms with Crippen molar-refractivity contribution < 1.29 is 14.4 Å². The van der Waals surface area contributed by atoms with Gasteiger partial charge >= 0.3 is 0 Å². The molecule has 146 valence electrons. The summed E-state index contributed by atoms with van der Waals surface area (Å²) in [5.74, 6) is -0.0412. The second-order valence-corrected chi connectivity index (χ2v) is 6.89. The van der Waals surface area contributed by atoms with E-state index in [0.29, 0.717) is 37.9 Å². The second kappa shape index (κ2) is 9.69. The van der Waals surface area contributed by atoms with Crippen LogP contribution in [0.3, 0.4) is 0 Å². The van der Waals surface area contributed by atoms with Crippen molar-refractivity contribution in [2.45, 2.75) is 32.2 Å². The van der Waals surface area contributed by atoms with Crippen LogP contribution in [0.15, 0.2) is 54.6 Å². The summed E-state index contributed by atoms with van der Waals surface area (Å²) in [6, 6.07) is 16.6. The third kappa shape index (κ3) is 5.67. The number of amides is 3. The van der Waals surface area contributed by atoms with Gasteiger partial charge in [0.2, 0.25) is 11.8 Å². The normalized spacial score (nSPS) is 13.4. The Morgan fingerprint density at radius 2 is 1.86 bits per heavy atom. The Balaban J connectivity index is 1.40. The predicted molar refractivity (Wildman–Crippen MR) is 108 cm³/mol. The van der Waals surface area contributed by atoms with E-state index in [9.17, 15) is 14.4 Å². The minimum absolute atomic E-state index is 0.0941. The van der Waals surface area contributed by atoms with Crippen molar-refractivity contribution in [3.8, 4) is 0 Å². The molecule has 2 aromatic carbocycles. The zero-order chi connectivity index (χ0) is 19.8. The predicted octanol–water partition coefficient (Wildman–Crippen LogP) is 2.96. The lowest BCUT2D eigenvalue weighted by Crippen LogP contribution is -2.25. The summed E-state index contributed by atoms with van der Waals surface area (Å²) >= 11 is 0.